The van der Waals surface area contributed by atoms with Gasteiger partial charge in [0.05, 0.1) is 17.2 Å². The normalized spacial score (nSPS) is 10.4. The van der Waals surface area contributed by atoms with Crippen molar-refractivity contribution in [1.82, 2.24) is 0 Å². The van der Waals surface area contributed by atoms with Gasteiger partial charge in [0, 0.05) is 12.1 Å². The molecule has 0 atom stereocenters. The van der Waals surface area contributed by atoms with Gasteiger partial charge in [0.15, 0.2) is 5.75 Å². The number of hydrogen-bond donors (Lipinski definition) is 1. The molecule has 0 saturated carbocycles. The first-order valence-corrected chi connectivity index (χ1v) is 6.21. The van der Waals surface area contributed by atoms with E-state index in [9.17, 15) is 28.1 Å². The fraction of sp³-hybridized carbons (Fsp3) is 0.417. The number of nitrogens with zero attached hydrogens (tertiary/aromatic N) is 1. The average molecular weight is 322 g/mol. The predicted octanol–water partition coefficient (Wildman–Crippen LogP) is 3.68. The number of hydrogen-bond acceptors (Lipinski definition) is 5. The van der Waals surface area contributed by atoms with Crippen LogP contribution in [0.3, 0.4) is 0 Å². The molecule has 22 heavy (non-hydrogen) atoms. The molecule has 1 aromatic rings. The number of nitro benzene ring substituents is 1. The van der Waals surface area contributed by atoms with Crippen molar-refractivity contribution in [2.24, 2.45) is 0 Å². The number of unbranched alkanes of at least 4 members (excludes halogenated alkanes) is 1. The van der Waals surface area contributed by atoms with Crippen molar-refractivity contribution >= 4 is 17.5 Å². The van der Waals surface area contributed by atoms with Crippen LogP contribution in [0.1, 0.15) is 19.8 Å². The molecule has 0 spiro atoms. The van der Waals surface area contributed by atoms with Crippen molar-refractivity contribution in [3.05, 3.63) is 28.1 Å². The Balaban J connectivity index is 3.00. The van der Waals surface area contributed by atoms with E-state index in [4.69, 9.17) is 4.74 Å². The second kappa shape index (κ2) is 8.05. The number of carbonyl (C=O) groups excluding carboxylic acids is 1. The first-order valence-electron chi connectivity index (χ1n) is 6.21. The SMILES string of the molecule is CCCCOC(=O)Nc1cc([N+](=O)[O-])c(F)cc1OC(F)F. The van der Waals surface area contributed by atoms with Crippen LogP contribution >= 0.6 is 0 Å². The second-order valence-electron chi connectivity index (χ2n) is 4.05. The molecule has 0 unspecified atom stereocenters. The van der Waals surface area contributed by atoms with Gasteiger partial charge in [-0.25, -0.2) is 4.79 Å². The highest BCUT2D eigenvalue weighted by molar-refractivity contribution is 5.87. The number of amides is 1. The third-order valence-corrected chi connectivity index (χ3v) is 2.43. The molecule has 1 amide bonds. The summed E-state index contributed by atoms with van der Waals surface area (Å²) in [5, 5.41) is 12.6. The van der Waals surface area contributed by atoms with E-state index < -0.39 is 40.6 Å². The number of alkyl halides is 2. The molecule has 0 aliphatic rings. The third-order valence-electron chi connectivity index (χ3n) is 2.43. The first-order chi connectivity index (χ1) is 10.3. The van der Waals surface area contributed by atoms with Gasteiger partial charge in [-0.3, -0.25) is 15.4 Å². The molecule has 0 bridgehead atoms. The minimum Gasteiger partial charge on any atom is -0.449 e. The van der Waals surface area contributed by atoms with Crippen LogP contribution in [-0.4, -0.2) is 24.2 Å². The van der Waals surface area contributed by atoms with Crippen molar-refractivity contribution in [2.75, 3.05) is 11.9 Å². The molecular weight excluding hydrogens is 309 g/mol. The van der Waals surface area contributed by atoms with Gasteiger partial charge in [0.2, 0.25) is 5.82 Å². The zero-order valence-corrected chi connectivity index (χ0v) is 11.5. The lowest BCUT2D eigenvalue weighted by Gasteiger charge is -2.12. The Morgan fingerprint density at radius 1 is 1.45 bits per heavy atom. The molecule has 0 saturated heterocycles. The lowest BCUT2D eigenvalue weighted by atomic mass is 10.2. The van der Waals surface area contributed by atoms with Gasteiger partial charge >= 0.3 is 18.4 Å². The third kappa shape index (κ3) is 5.11. The summed E-state index contributed by atoms with van der Waals surface area (Å²) in [4.78, 5) is 21.0. The topological polar surface area (TPSA) is 90.7 Å². The molecule has 0 radical (unpaired) electrons. The minimum atomic E-state index is -3.29. The summed E-state index contributed by atoms with van der Waals surface area (Å²) in [6, 6.07) is 0.972. The molecule has 0 aromatic heterocycles. The highest BCUT2D eigenvalue weighted by atomic mass is 19.3. The van der Waals surface area contributed by atoms with Gasteiger partial charge in [-0.2, -0.15) is 13.2 Å². The van der Waals surface area contributed by atoms with Crippen LogP contribution in [-0.2, 0) is 4.74 Å². The molecule has 1 N–H and O–H groups in total. The Kier molecular flexibility index (Phi) is 6.42. The number of rotatable bonds is 7. The minimum absolute atomic E-state index is 0.0800. The van der Waals surface area contributed by atoms with E-state index in [-0.39, 0.29) is 6.61 Å². The number of ether oxygens (including phenoxy) is 2. The fourth-order valence-corrected chi connectivity index (χ4v) is 1.43. The highest BCUT2D eigenvalue weighted by Gasteiger charge is 2.22. The molecule has 0 aliphatic heterocycles. The van der Waals surface area contributed by atoms with Crippen molar-refractivity contribution < 1.29 is 32.4 Å². The number of nitrogens with one attached hydrogen (secondary N) is 1. The molecule has 10 heteroatoms. The summed E-state index contributed by atoms with van der Waals surface area (Å²) >= 11 is 0. The maximum absolute atomic E-state index is 13.4. The zero-order valence-electron chi connectivity index (χ0n) is 11.5. The van der Waals surface area contributed by atoms with E-state index in [1.54, 1.807) is 0 Å². The predicted molar refractivity (Wildman–Crippen MR) is 69.6 cm³/mol. The number of benzene rings is 1. The lowest BCUT2D eigenvalue weighted by Crippen LogP contribution is -2.16. The number of anilines is 1. The van der Waals surface area contributed by atoms with Crippen LogP contribution in [0.4, 0.5) is 29.3 Å². The zero-order chi connectivity index (χ0) is 16.7. The molecule has 0 heterocycles. The smallest absolute Gasteiger partial charge is 0.411 e. The molecule has 0 aliphatic carbocycles. The van der Waals surface area contributed by atoms with Gasteiger partial charge in [0.25, 0.3) is 0 Å². The van der Waals surface area contributed by atoms with Crippen LogP contribution in [0.25, 0.3) is 0 Å². The molecule has 7 nitrogen and oxygen atoms in total. The van der Waals surface area contributed by atoms with Crippen LogP contribution in [0.2, 0.25) is 0 Å². The van der Waals surface area contributed by atoms with Crippen molar-refractivity contribution in [2.45, 2.75) is 26.4 Å². The largest absolute Gasteiger partial charge is 0.449 e. The maximum Gasteiger partial charge on any atom is 0.411 e. The Morgan fingerprint density at radius 2 is 2.14 bits per heavy atom. The van der Waals surface area contributed by atoms with E-state index in [0.717, 1.165) is 6.42 Å². The van der Waals surface area contributed by atoms with Crippen LogP contribution in [0, 0.1) is 15.9 Å². The Morgan fingerprint density at radius 3 is 2.68 bits per heavy atom. The van der Waals surface area contributed by atoms with E-state index in [2.05, 4.69) is 4.74 Å². The van der Waals surface area contributed by atoms with E-state index >= 15 is 0 Å². The second-order valence-corrected chi connectivity index (χ2v) is 4.05. The van der Waals surface area contributed by atoms with Gasteiger partial charge in [-0.1, -0.05) is 13.3 Å². The van der Waals surface area contributed by atoms with Crippen molar-refractivity contribution in [1.29, 1.82) is 0 Å². The Labute approximate surface area is 123 Å². The first kappa shape index (κ1) is 17.5. The molecule has 1 aromatic carbocycles. The van der Waals surface area contributed by atoms with Crippen molar-refractivity contribution in [3.8, 4) is 5.75 Å². The highest BCUT2D eigenvalue weighted by Crippen LogP contribution is 2.33. The van der Waals surface area contributed by atoms with Gasteiger partial charge < -0.3 is 9.47 Å². The van der Waals surface area contributed by atoms with Crippen LogP contribution in [0.15, 0.2) is 12.1 Å². The molecule has 1 rings (SSSR count). The monoisotopic (exact) mass is 322 g/mol. The van der Waals surface area contributed by atoms with Crippen LogP contribution < -0.4 is 10.1 Å². The lowest BCUT2D eigenvalue weighted by molar-refractivity contribution is -0.387. The average Bonchev–Trinajstić information content (AvgIpc) is 2.41. The summed E-state index contributed by atoms with van der Waals surface area (Å²) < 4.78 is 46.7. The fourth-order valence-electron chi connectivity index (χ4n) is 1.43. The summed E-state index contributed by atoms with van der Waals surface area (Å²) in [7, 11) is 0. The molecule has 0 fully saturated rings. The number of halogens is 3. The van der Waals surface area contributed by atoms with E-state index in [1.807, 2.05) is 12.2 Å². The Bertz CT molecular complexity index is 554. The summed E-state index contributed by atoms with van der Waals surface area (Å²) in [6.45, 7) is -1.35. The number of carbonyl (C=O) groups is 1. The van der Waals surface area contributed by atoms with Gasteiger partial charge in [-0.05, 0) is 6.42 Å². The van der Waals surface area contributed by atoms with Crippen LogP contribution in [0.5, 0.6) is 5.75 Å². The van der Waals surface area contributed by atoms with E-state index in [0.29, 0.717) is 18.6 Å². The van der Waals surface area contributed by atoms with Gasteiger partial charge in [0.1, 0.15) is 0 Å². The standard InChI is InChI=1S/C12H13F3N2O5/c1-2-3-4-21-12(18)16-8-6-9(17(19)20)7(13)5-10(8)22-11(14)15/h5-6,11H,2-4H2,1H3,(H,16,18). The maximum atomic E-state index is 13.4. The summed E-state index contributed by atoms with van der Waals surface area (Å²) in [5.41, 5.74) is -1.49. The van der Waals surface area contributed by atoms with E-state index in [1.165, 1.54) is 0 Å². The Hall–Kier alpha value is -2.52. The molecule has 122 valence electrons. The quantitative estimate of drug-likeness (QED) is 0.470. The summed E-state index contributed by atoms with van der Waals surface area (Å²) in [5.74, 6) is -2.11. The van der Waals surface area contributed by atoms with Gasteiger partial charge in [-0.15, -0.1) is 0 Å². The summed E-state index contributed by atoms with van der Waals surface area (Å²) in [6.07, 6.45) is 0.320. The molecular formula is C12H13F3N2O5. The van der Waals surface area contributed by atoms with Crippen molar-refractivity contribution in [3.63, 3.8) is 0 Å². The number of nitro groups is 1.